The van der Waals surface area contributed by atoms with Crippen molar-refractivity contribution in [2.75, 3.05) is 29.9 Å². The summed E-state index contributed by atoms with van der Waals surface area (Å²) in [5, 5.41) is 15.4. The fourth-order valence-electron chi connectivity index (χ4n) is 3.77. The number of carbonyl (C=O) groups is 2. The number of anilines is 2. The second-order valence-electron chi connectivity index (χ2n) is 8.27. The number of piperidine rings is 1. The number of fused-ring (bicyclic) bond motifs is 1. The van der Waals surface area contributed by atoms with E-state index < -0.39 is 11.4 Å². The zero-order valence-electron chi connectivity index (χ0n) is 18.3. The number of rotatable bonds is 5. The topological polar surface area (TPSA) is 120 Å². The Morgan fingerprint density at radius 3 is 2.50 bits per heavy atom. The number of thiazole rings is 1. The Bertz CT molecular complexity index is 1150. The SMILES string of the molecule is CCNC(=O)Nc1nc2cc(-c3cnc(N4CCC(C)(C(=O)O)CC4)nc3)cc(C)c2s1. The molecule has 32 heavy (non-hydrogen) atoms. The van der Waals surface area contributed by atoms with Crippen molar-refractivity contribution in [3.63, 3.8) is 0 Å². The minimum absolute atomic E-state index is 0.269. The fourth-order valence-corrected chi connectivity index (χ4v) is 4.68. The third-order valence-electron chi connectivity index (χ3n) is 5.87. The van der Waals surface area contributed by atoms with Crippen molar-refractivity contribution in [3.8, 4) is 11.1 Å². The average Bonchev–Trinajstić information content (AvgIpc) is 3.17. The molecule has 10 heteroatoms. The van der Waals surface area contributed by atoms with Crippen LogP contribution >= 0.6 is 11.3 Å². The normalized spacial score (nSPS) is 15.5. The van der Waals surface area contributed by atoms with Crippen LogP contribution in [-0.4, -0.2) is 51.7 Å². The van der Waals surface area contributed by atoms with Gasteiger partial charge in [-0.05, 0) is 56.9 Å². The van der Waals surface area contributed by atoms with E-state index in [2.05, 4.69) is 31.7 Å². The van der Waals surface area contributed by atoms with Crippen molar-refractivity contribution in [1.82, 2.24) is 20.3 Å². The van der Waals surface area contributed by atoms with Crippen LogP contribution in [0.5, 0.6) is 0 Å². The Morgan fingerprint density at radius 2 is 1.88 bits per heavy atom. The molecule has 1 aromatic carbocycles. The number of hydrogen-bond donors (Lipinski definition) is 3. The summed E-state index contributed by atoms with van der Waals surface area (Å²) < 4.78 is 1.02. The van der Waals surface area contributed by atoms with Crippen molar-refractivity contribution < 1.29 is 14.7 Å². The van der Waals surface area contributed by atoms with Gasteiger partial charge in [0.2, 0.25) is 5.95 Å². The quantitative estimate of drug-likeness (QED) is 0.535. The van der Waals surface area contributed by atoms with Gasteiger partial charge >= 0.3 is 12.0 Å². The number of carboxylic acids is 1. The maximum atomic E-state index is 11.8. The van der Waals surface area contributed by atoms with Gasteiger partial charge in [0, 0.05) is 37.6 Å². The third-order valence-corrected chi connectivity index (χ3v) is 6.99. The first kappa shape index (κ1) is 21.9. The van der Waals surface area contributed by atoms with Crippen molar-refractivity contribution in [1.29, 1.82) is 0 Å². The number of amides is 2. The molecule has 3 aromatic rings. The Morgan fingerprint density at radius 1 is 1.19 bits per heavy atom. The molecule has 0 aliphatic carbocycles. The van der Waals surface area contributed by atoms with E-state index in [-0.39, 0.29) is 6.03 Å². The second-order valence-corrected chi connectivity index (χ2v) is 9.27. The van der Waals surface area contributed by atoms with Gasteiger partial charge in [0.05, 0.1) is 15.6 Å². The lowest BCUT2D eigenvalue weighted by Crippen LogP contribution is -2.43. The van der Waals surface area contributed by atoms with Crippen molar-refractivity contribution in [3.05, 3.63) is 30.1 Å². The summed E-state index contributed by atoms with van der Waals surface area (Å²) in [5.74, 6) is -0.133. The maximum Gasteiger partial charge on any atom is 0.321 e. The van der Waals surface area contributed by atoms with Gasteiger partial charge in [0.15, 0.2) is 5.13 Å². The Kier molecular flexibility index (Phi) is 5.96. The minimum atomic E-state index is -0.745. The van der Waals surface area contributed by atoms with Gasteiger partial charge in [-0.3, -0.25) is 10.1 Å². The van der Waals surface area contributed by atoms with Gasteiger partial charge in [-0.25, -0.2) is 19.7 Å². The van der Waals surface area contributed by atoms with Crippen molar-refractivity contribution >= 4 is 44.6 Å². The zero-order chi connectivity index (χ0) is 22.9. The van der Waals surface area contributed by atoms with Crippen molar-refractivity contribution in [2.24, 2.45) is 5.41 Å². The minimum Gasteiger partial charge on any atom is -0.481 e. The van der Waals surface area contributed by atoms with Crippen LogP contribution in [0.15, 0.2) is 24.5 Å². The van der Waals surface area contributed by atoms with E-state index in [0.717, 1.165) is 26.9 Å². The highest BCUT2D eigenvalue weighted by Gasteiger charge is 2.37. The average molecular weight is 455 g/mol. The molecule has 1 fully saturated rings. The smallest absolute Gasteiger partial charge is 0.321 e. The third kappa shape index (κ3) is 4.36. The molecule has 1 aliphatic rings. The van der Waals surface area contributed by atoms with Gasteiger partial charge in [0.25, 0.3) is 0 Å². The Labute approximate surface area is 189 Å². The molecule has 1 saturated heterocycles. The predicted octanol–water partition coefficient (Wildman–Crippen LogP) is 3.89. The molecule has 0 bridgehead atoms. The number of urea groups is 1. The van der Waals surface area contributed by atoms with Crippen LogP contribution in [0.2, 0.25) is 0 Å². The van der Waals surface area contributed by atoms with Crippen LogP contribution in [0.1, 0.15) is 32.3 Å². The van der Waals surface area contributed by atoms with Gasteiger partial charge < -0.3 is 15.3 Å². The molecule has 0 unspecified atom stereocenters. The van der Waals surface area contributed by atoms with Crippen LogP contribution in [0.25, 0.3) is 21.3 Å². The highest BCUT2D eigenvalue weighted by molar-refractivity contribution is 7.22. The summed E-state index contributed by atoms with van der Waals surface area (Å²) in [6, 6.07) is 3.77. The summed E-state index contributed by atoms with van der Waals surface area (Å²) in [5.41, 5.74) is 3.02. The predicted molar refractivity (Wildman–Crippen MR) is 125 cm³/mol. The first-order valence-corrected chi connectivity index (χ1v) is 11.4. The molecular formula is C22H26N6O3S. The molecule has 0 spiro atoms. The number of aryl methyl sites for hydroxylation is 1. The largest absolute Gasteiger partial charge is 0.481 e. The summed E-state index contributed by atoms with van der Waals surface area (Å²) >= 11 is 1.44. The first-order valence-electron chi connectivity index (χ1n) is 10.6. The molecule has 1 aliphatic heterocycles. The lowest BCUT2D eigenvalue weighted by molar-refractivity contribution is -0.149. The van der Waals surface area contributed by atoms with Crippen LogP contribution < -0.4 is 15.5 Å². The molecule has 168 valence electrons. The number of aliphatic carboxylic acids is 1. The number of aromatic nitrogens is 3. The first-order chi connectivity index (χ1) is 15.3. The summed E-state index contributed by atoms with van der Waals surface area (Å²) in [6.07, 6.45) is 4.71. The van der Waals surface area contributed by atoms with E-state index >= 15 is 0 Å². The van der Waals surface area contributed by atoms with Gasteiger partial charge in [-0.2, -0.15) is 0 Å². The number of carboxylic acid groups (broad SMARTS) is 1. The fraction of sp³-hybridized carbons (Fsp3) is 0.409. The van der Waals surface area contributed by atoms with E-state index in [1.54, 1.807) is 19.3 Å². The van der Waals surface area contributed by atoms with E-state index in [1.165, 1.54) is 11.3 Å². The molecule has 9 nitrogen and oxygen atoms in total. The Hall–Kier alpha value is -3.27. The van der Waals surface area contributed by atoms with E-state index in [4.69, 9.17) is 0 Å². The lowest BCUT2D eigenvalue weighted by Gasteiger charge is -2.36. The molecule has 2 aromatic heterocycles. The number of nitrogens with zero attached hydrogens (tertiary/aromatic N) is 4. The molecular weight excluding hydrogens is 428 g/mol. The van der Waals surface area contributed by atoms with Crippen LogP contribution in [0.3, 0.4) is 0 Å². The highest BCUT2D eigenvalue weighted by atomic mass is 32.1. The van der Waals surface area contributed by atoms with Crippen molar-refractivity contribution in [2.45, 2.75) is 33.6 Å². The van der Waals surface area contributed by atoms with Crippen LogP contribution in [0, 0.1) is 12.3 Å². The van der Waals surface area contributed by atoms with E-state index in [1.807, 2.05) is 24.8 Å². The number of benzene rings is 1. The molecule has 4 rings (SSSR count). The molecule has 0 radical (unpaired) electrons. The standard InChI is InChI=1S/C22H26N6O3S/c1-4-23-20(31)27-21-26-16-10-14(9-13(2)17(16)32-21)15-11-24-19(25-12-15)28-7-5-22(3,6-8-28)18(29)30/h9-12H,4-8H2,1-3H3,(H,29,30)(H2,23,26,27,31). The summed E-state index contributed by atoms with van der Waals surface area (Å²) in [4.78, 5) is 38.9. The molecule has 3 N–H and O–H groups in total. The Balaban J connectivity index is 1.52. The van der Waals surface area contributed by atoms with Gasteiger partial charge in [-0.15, -0.1) is 0 Å². The maximum absolute atomic E-state index is 11.8. The van der Waals surface area contributed by atoms with E-state index in [0.29, 0.717) is 43.6 Å². The molecule has 0 atom stereocenters. The van der Waals surface area contributed by atoms with Crippen LogP contribution in [0.4, 0.5) is 15.9 Å². The summed E-state index contributed by atoms with van der Waals surface area (Å²) in [6.45, 7) is 7.46. The van der Waals surface area contributed by atoms with Gasteiger partial charge in [-0.1, -0.05) is 11.3 Å². The summed E-state index contributed by atoms with van der Waals surface area (Å²) in [7, 11) is 0. The number of carbonyl (C=O) groups excluding carboxylic acids is 1. The number of hydrogen-bond acceptors (Lipinski definition) is 7. The lowest BCUT2D eigenvalue weighted by atomic mass is 9.80. The monoisotopic (exact) mass is 454 g/mol. The molecule has 2 amide bonds. The molecule has 3 heterocycles. The van der Waals surface area contributed by atoms with Crippen LogP contribution in [-0.2, 0) is 4.79 Å². The zero-order valence-corrected chi connectivity index (χ0v) is 19.1. The number of nitrogens with one attached hydrogen (secondary N) is 2. The van der Waals surface area contributed by atoms with Gasteiger partial charge in [0.1, 0.15) is 0 Å². The van der Waals surface area contributed by atoms with E-state index in [9.17, 15) is 14.7 Å². The molecule has 0 saturated carbocycles. The second kappa shape index (κ2) is 8.70. The highest BCUT2D eigenvalue weighted by Crippen LogP contribution is 2.34.